The third-order valence-electron chi connectivity index (χ3n) is 3.32. The van der Waals surface area contributed by atoms with E-state index < -0.39 is 0 Å². The molecular weight excluding hydrogens is 252 g/mol. The van der Waals surface area contributed by atoms with Crippen molar-refractivity contribution >= 4 is 28.6 Å². The number of aryl methyl sites for hydroxylation is 1. The predicted molar refractivity (Wildman–Crippen MR) is 71.0 cm³/mol. The molecule has 6 nitrogen and oxygen atoms in total. The van der Waals surface area contributed by atoms with E-state index in [-0.39, 0.29) is 5.28 Å². The van der Waals surface area contributed by atoms with Crippen molar-refractivity contribution in [1.29, 1.82) is 0 Å². The van der Waals surface area contributed by atoms with Gasteiger partial charge in [0.05, 0.1) is 6.33 Å². The van der Waals surface area contributed by atoms with Gasteiger partial charge in [-0.1, -0.05) is 0 Å². The average molecular weight is 267 g/mol. The molecule has 0 aromatic carbocycles. The van der Waals surface area contributed by atoms with Crippen LogP contribution in [-0.4, -0.2) is 57.6 Å². The van der Waals surface area contributed by atoms with E-state index in [1.54, 1.807) is 6.33 Å². The Hall–Kier alpha value is -1.40. The minimum absolute atomic E-state index is 0.278. The topological polar surface area (TPSA) is 50.1 Å². The zero-order chi connectivity index (χ0) is 12.7. The summed E-state index contributed by atoms with van der Waals surface area (Å²) in [6, 6.07) is 0. The van der Waals surface area contributed by atoms with Crippen LogP contribution < -0.4 is 4.90 Å². The van der Waals surface area contributed by atoms with Crippen molar-refractivity contribution in [2.75, 3.05) is 38.1 Å². The standard InChI is InChI=1S/C11H15ClN6/c1-16-3-5-18(6-4-16)10-8-9(14-11(12)15-10)17(2)7-13-8/h7H,3-6H2,1-2H3. The molecule has 2 aromatic heterocycles. The molecule has 0 N–H and O–H groups in total. The van der Waals surface area contributed by atoms with Crippen LogP contribution >= 0.6 is 11.6 Å². The normalized spacial score (nSPS) is 17.6. The summed E-state index contributed by atoms with van der Waals surface area (Å²) in [5.74, 6) is 0.846. The summed E-state index contributed by atoms with van der Waals surface area (Å²) in [4.78, 5) is 17.5. The van der Waals surface area contributed by atoms with Gasteiger partial charge in [0.1, 0.15) is 0 Å². The van der Waals surface area contributed by atoms with E-state index in [0.717, 1.165) is 43.2 Å². The molecule has 1 aliphatic rings. The number of hydrogen-bond acceptors (Lipinski definition) is 5. The number of rotatable bonds is 1. The molecule has 0 radical (unpaired) electrons. The maximum Gasteiger partial charge on any atom is 0.226 e. The summed E-state index contributed by atoms with van der Waals surface area (Å²) in [5.41, 5.74) is 1.61. The van der Waals surface area contributed by atoms with Crippen molar-refractivity contribution in [2.45, 2.75) is 0 Å². The predicted octanol–water partition coefficient (Wildman–Crippen LogP) is 0.768. The van der Waals surface area contributed by atoms with Crippen molar-refractivity contribution in [2.24, 2.45) is 7.05 Å². The van der Waals surface area contributed by atoms with Gasteiger partial charge in [0, 0.05) is 33.2 Å². The molecule has 7 heteroatoms. The lowest BCUT2D eigenvalue weighted by Crippen LogP contribution is -2.45. The Balaban J connectivity index is 2.05. The summed E-state index contributed by atoms with van der Waals surface area (Å²) in [6.45, 7) is 3.93. The maximum atomic E-state index is 6.00. The Morgan fingerprint density at radius 3 is 2.56 bits per heavy atom. The molecule has 0 unspecified atom stereocenters. The molecule has 0 spiro atoms. The van der Waals surface area contributed by atoms with Gasteiger partial charge in [-0.2, -0.15) is 9.97 Å². The van der Waals surface area contributed by atoms with E-state index in [0.29, 0.717) is 0 Å². The molecule has 0 amide bonds. The minimum Gasteiger partial charge on any atom is -0.352 e. The number of hydrogen-bond donors (Lipinski definition) is 0. The van der Waals surface area contributed by atoms with E-state index in [9.17, 15) is 0 Å². The fourth-order valence-corrected chi connectivity index (χ4v) is 2.36. The molecule has 1 fully saturated rings. The highest BCUT2D eigenvalue weighted by Crippen LogP contribution is 2.24. The van der Waals surface area contributed by atoms with Crippen LogP contribution in [0.4, 0.5) is 5.82 Å². The number of nitrogens with zero attached hydrogens (tertiary/aromatic N) is 6. The number of aromatic nitrogens is 4. The van der Waals surface area contributed by atoms with Crippen LogP contribution in [0.2, 0.25) is 5.28 Å². The summed E-state index contributed by atoms with van der Waals surface area (Å²) in [5, 5.41) is 0.278. The first-order valence-corrected chi connectivity index (χ1v) is 6.31. The smallest absolute Gasteiger partial charge is 0.226 e. The summed E-state index contributed by atoms with van der Waals surface area (Å²) >= 11 is 6.00. The third kappa shape index (κ3) is 1.91. The molecule has 0 atom stereocenters. The number of anilines is 1. The summed E-state index contributed by atoms with van der Waals surface area (Å²) < 4.78 is 1.86. The van der Waals surface area contributed by atoms with Crippen molar-refractivity contribution in [1.82, 2.24) is 24.4 Å². The number of imidazole rings is 1. The third-order valence-corrected chi connectivity index (χ3v) is 3.49. The highest BCUT2D eigenvalue weighted by Gasteiger charge is 2.20. The fraction of sp³-hybridized carbons (Fsp3) is 0.545. The molecular formula is C11H15ClN6. The zero-order valence-electron chi connectivity index (χ0n) is 10.5. The SMILES string of the molecule is CN1CCN(c2nc(Cl)nc3c2ncn3C)CC1. The lowest BCUT2D eigenvalue weighted by molar-refractivity contribution is 0.312. The van der Waals surface area contributed by atoms with Crippen LogP contribution in [0.3, 0.4) is 0 Å². The maximum absolute atomic E-state index is 6.00. The van der Waals surface area contributed by atoms with Crippen LogP contribution in [0.25, 0.3) is 11.2 Å². The van der Waals surface area contributed by atoms with Crippen molar-refractivity contribution in [3.63, 3.8) is 0 Å². The van der Waals surface area contributed by atoms with Gasteiger partial charge >= 0.3 is 0 Å². The lowest BCUT2D eigenvalue weighted by Gasteiger charge is -2.33. The Morgan fingerprint density at radius 2 is 1.83 bits per heavy atom. The Kier molecular flexibility index (Phi) is 2.83. The van der Waals surface area contributed by atoms with Crippen LogP contribution in [0.1, 0.15) is 0 Å². The van der Waals surface area contributed by atoms with E-state index in [2.05, 4.69) is 31.8 Å². The van der Waals surface area contributed by atoms with Gasteiger partial charge < -0.3 is 14.4 Å². The highest BCUT2D eigenvalue weighted by atomic mass is 35.5. The van der Waals surface area contributed by atoms with E-state index in [4.69, 9.17) is 11.6 Å². The molecule has 0 aliphatic carbocycles. The Bertz CT molecular complexity index is 572. The zero-order valence-corrected chi connectivity index (χ0v) is 11.2. The van der Waals surface area contributed by atoms with Crippen LogP contribution in [0.5, 0.6) is 0 Å². The molecule has 3 rings (SSSR count). The highest BCUT2D eigenvalue weighted by molar-refractivity contribution is 6.28. The molecule has 0 bridgehead atoms. The number of halogens is 1. The Labute approximate surface area is 110 Å². The molecule has 0 saturated carbocycles. The molecule has 2 aromatic rings. The largest absolute Gasteiger partial charge is 0.352 e. The van der Waals surface area contributed by atoms with Crippen LogP contribution in [0, 0.1) is 0 Å². The number of piperazine rings is 1. The van der Waals surface area contributed by atoms with Crippen LogP contribution in [-0.2, 0) is 7.05 Å². The summed E-state index contributed by atoms with van der Waals surface area (Å²) in [7, 11) is 4.03. The number of likely N-dealkylation sites (N-methyl/N-ethyl adjacent to an activating group) is 1. The first-order chi connectivity index (χ1) is 8.65. The van der Waals surface area contributed by atoms with Gasteiger partial charge in [-0.15, -0.1) is 0 Å². The van der Waals surface area contributed by atoms with E-state index in [1.165, 1.54) is 0 Å². The molecule has 18 heavy (non-hydrogen) atoms. The van der Waals surface area contributed by atoms with Gasteiger partial charge in [0.2, 0.25) is 5.28 Å². The minimum atomic E-state index is 0.278. The van der Waals surface area contributed by atoms with Crippen molar-refractivity contribution in [3.8, 4) is 0 Å². The molecule has 1 aliphatic heterocycles. The van der Waals surface area contributed by atoms with Crippen LogP contribution in [0.15, 0.2) is 6.33 Å². The van der Waals surface area contributed by atoms with Gasteiger partial charge in [-0.3, -0.25) is 0 Å². The quantitative estimate of drug-likeness (QED) is 0.714. The molecule has 3 heterocycles. The first kappa shape index (κ1) is 11.7. The number of fused-ring (bicyclic) bond motifs is 1. The molecule has 1 saturated heterocycles. The molecule has 96 valence electrons. The second-order valence-electron chi connectivity index (χ2n) is 4.63. The fourth-order valence-electron chi connectivity index (χ4n) is 2.20. The second-order valence-corrected chi connectivity index (χ2v) is 4.97. The average Bonchev–Trinajstić information content (AvgIpc) is 2.71. The van der Waals surface area contributed by atoms with Gasteiger partial charge in [-0.05, 0) is 18.6 Å². The lowest BCUT2D eigenvalue weighted by atomic mass is 10.3. The monoisotopic (exact) mass is 266 g/mol. The van der Waals surface area contributed by atoms with Crippen molar-refractivity contribution in [3.05, 3.63) is 11.6 Å². The van der Waals surface area contributed by atoms with Gasteiger partial charge in [-0.25, -0.2) is 4.98 Å². The first-order valence-electron chi connectivity index (χ1n) is 5.93. The second kappa shape index (κ2) is 4.37. The summed E-state index contributed by atoms with van der Waals surface area (Å²) in [6.07, 6.45) is 1.75. The van der Waals surface area contributed by atoms with Gasteiger partial charge in [0.25, 0.3) is 0 Å². The van der Waals surface area contributed by atoms with E-state index >= 15 is 0 Å². The van der Waals surface area contributed by atoms with Gasteiger partial charge in [0.15, 0.2) is 17.0 Å². The van der Waals surface area contributed by atoms with Crippen molar-refractivity contribution < 1.29 is 0 Å². The van der Waals surface area contributed by atoms with E-state index in [1.807, 2.05) is 11.6 Å². The Morgan fingerprint density at radius 1 is 1.11 bits per heavy atom.